The number of carboxylic acid groups (broad SMARTS) is 1. The molecule has 0 amide bonds. The van der Waals surface area contributed by atoms with Crippen LogP contribution >= 0.6 is 0 Å². The van der Waals surface area contributed by atoms with Crippen molar-refractivity contribution < 1.29 is 29.2 Å². The molecule has 0 aliphatic rings. The van der Waals surface area contributed by atoms with Gasteiger partial charge in [-0.1, -0.05) is 51.1 Å². The lowest BCUT2D eigenvalue weighted by molar-refractivity contribution is -0.307. The van der Waals surface area contributed by atoms with Crippen LogP contribution < -0.4 is 9.84 Å². The fourth-order valence-electron chi connectivity index (χ4n) is 3.65. The number of aryl methyl sites for hydroxylation is 1. The number of hydrogen-bond acceptors (Lipinski definition) is 5. The van der Waals surface area contributed by atoms with Crippen molar-refractivity contribution in [1.29, 1.82) is 0 Å². The standard InChI is InChI=1S/C25H31FO5/c1-5-16-12-22(15(2)3)21(11-10-19(27)13-20(28)14-23(29)30)24(25(16)31-4)17-6-8-18(26)9-7-17/h6-12,15,19-20,27-28H,5,13-14H2,1-4H3,(H,29,30)/p-1/b11-10+. The third kappa shape index (κ3) is 6.39. The molecule has 0 spiro atoms. The van der Waals surface area contributed by atoms with Crippen LogP contribution in [0.15, 0.2) is 36.4 Å². The van der Waals surface area contributed by atoms with Gasteiger partial charge in [-0.2, -0.15) is 0 Å². The summed E-state index contributed by atoms with van der Waals surface area (Å²) in [5.41, 5.74) is 4.46. The molecule has 2 atom stereocenters. The van der Waals surface area contributed by atoms with Gasteiger partial charge in [0.1, 0.15) is 11.6 Å². The number of hydrogen-bond donors (Lipinski definition) is 2. The van der Waals surface area contributed by atoms with Crippen molar-refractivity contribution in [3.05, 3.63) is 58.9 Å². The molecule has 0 heterocycles. The minimum absolute atomic E-state index is 0.127. The average molecular weight is 430 g/mol. The lowest BCUT2D eigenvalue weighted by Gasteiger charge is -2.22. The van der Waals surface area contributed by atoms with Gasteiger partial charge in [0.2, 0.25) is 0 Å². The number of carbonyl (C=O) groups is 1. The summed E-state index contributed by atoms with van der Waals surface area (Å²) in [6.45, 7) is 6.16. The van der Waals surface area contributed by atoms with Crippen LogP contribution in [0.2, 0.25) is 0 Å². The number of halogens is 1. The Morgan fingerprint density at radius 1 is 1.23 bits per heavy atom. The molecule has 0 saturated carbocycles. The highest BCUT2D eigenvalue weighted by atomic mass is 19.1. The summed E-state index contributed by atoms with van der Waals surface area (Å²) in [6.07, 6.45) is 1.11. The van der Waals surface area contributed by atoms with E-state index in [2.05, 4.69) is 19.9 Å². The number of rotatable bonds is 10. The largest absolute Gasteiger partial charge is 0.550 e. The number of aliphatic hydroxyl groups excluding tert-OH is 2. The number of ether oxygens (including phenoxy) is 1. The summed E-state index contributed by atoms with van der Waals surface area (Å²) >= 11 is 0. The van der Waals surface area contributed by atoms with Gasteiger partial charge in [0.05, 0.1) is 19.3 Å². The highest BCUT2D eigenvalue weighted by Gasteiger charge is 2.20. The molecule has 0 aliphatic heterocycles. The van der Waals surface area contributed by atoms with E-state index in [0.717, 1.165) is 34.2 Å². The molecule has 31 heavy (non-hydrogen) atoms. The van der Waals surface area contributed by atoms with Crippen LogP contribution in [0.3, 0.4) is 0 Å². The Labute approximate surface area is 182 Å². The number of methoxy groups -OCH3 is 1. The maximum absolute atomic E-state index is 13.6. The average Bonchev–Trinajstić information content (AvgIpc) is 2.70. The van der Waals surface area contributed by atoms with Crippen LogP contribution in [0.5, 0.6) is 5.75 Å². The molecule has 2 aromatic rings. The van der Waals surface area contributed by atoms with Crippen LogP contribution in [0.1, 0.15) is 56.2 Å². The van der Waals surface area contributed by atoms with Gasteiger partial charge in [0, 0.05) is 24.4 Å². The Morgan fingerprint density at radius 2 is 1.87 bits per heavy atom. The molecule has 0 fully saturated rings. The van der Waals surface area contributed by atoms with Gasteiger partial charge < -0.3 is 24.9 Å². The molecule has 5 nitrogen and oxygen atoms in total. The van der Waals surface area contributed by atoms with Crippen molar-refractivity contribution in [1.82, 2.24) is 0 Å². The maximum atomic E-state index is 13.6. The van der Waals surface area contributed by atoms with E-state index in [0.29, 0.717) is 5.75 Å². The van der Waals surface area contributed by atoms with E-state index in [1.807, 2.05) is 6.92 Å². The zero-order valence-electron chi connectivity index (χ0n) is 18.4. The summed E-state index contributed by atoms with van der Waals surface area (Å²) in [7, 11) is 1.59. The summed E-state index contributed by atoms with van der Waals surface area (Å²) in [5.74, 6) is -0.863. The Morgan fingerprint density at radius 3 is 2.39 bits per heavy atom. The summed E-state index contributed by atoms with van der Waals surface area (Å²) < 4.78 is 19.3. The Balaban J connectivity index is 2.60. The predicted molar refractivity (Wildman–Crippen MR) is 117 cm³/mol. The van der Waals surface area contributed by atoms with Crippen molar-refractivity contribution in [2.45, 2.75) is 58.2 Å². The molecule has 2 rings (SSSR count). The second-order valence-electron chi connectivity index (χ2n) is 7.85. The third-order valence-electron chi connectivity index (χ3n) is 5.17. The summed E-state index contributed by atoms with van der Waals surface area (Å²) in [4.78, 5) is 10.6. The third-order valence-corrected chi connectivity index (χ3v) is 5.17. The van der Waals surface area contributed by atoms with E-state index >= 15 is 0 Å². The molecule has 2 aromatic carbocycles. The van der Waals surface area contributed by atoms with Gasteiger partial charge in [0.25, 0.3) is 0 Å². The lowest BCUT2D eigenvalue weighted by atomic mass is 9.86. The van der Waals surface area contributed by atoms with Crippen molar-refractivity contribution >= 4 is 12.0 Å². The minimum Gasteiger partial charge on any atom is -0.550 e. The SMILES string of the molecule is CCc1cc(C(C)C)c(/C=C/C(O)CC(O)CC(=O)[O-])c(-c2ccc(F)cc2)c1OC. The van der Waals surface area contributed by atoms with Crippen molar-refractivity contribution in [3.8, 4) is 16.9 Å². The maximum Gasteiger partial charge on any atom is 0.130 e. The van der Waals surface area contributed by atoms with Crippen molar-refractivity contribution in [2.75, 3.05) is 7.11 Å². The van der Waals surface area contributed by atoms with Gasteiger partial charge in [0.15, 0.2) is 0 Å². The molecule has 0 aromatic heterocycles. The van der Waals surface area contributed by atoms with Gasteiger partial charge in [-0.05, 0) is 46.7 Å². The number of aliphatic hydroxyl groups is 2. The van der Waals surface area contributed by atoms with Crippen molar-refractivity contribution in [2.24, 2.45) is 0 Å². The van der Waals surface area contributed by atoms with E-state index in [9.17, 15) is 24.5 Å². The molecule has 2 N–H and O–H groups in total. The van der Waals surface area contributed by atoms with Crippen LogP contribution in [0.25, 0.3) is 17.2 Å². The van der Waals surface area contributed by atoms with E-state index in [-0.39, 0.29) is 18.2 Å². The first-order chi connectivity index (χ1) is 14.7. The number of benzene rings is 2. The second kappa shape index (κ2) is 11.1. The van der Waals surface area contributed by atoms with Gasteiger partial charge in [-0.3, -0.25) is 0 Å². The molecule has 168 valence electrons. The fraction of sp³-hybridized carbons (Fsp3) is 0.400. The van der Waals surface area contributed by atoms with Crippen LogP contribution in [-0.4, -0.2) is 35.5 Å². The smallest absolute Gasteiger partial charge is 0.130 e. The molecule has 0 radical (unpaired) electrons. The Hall–Kier alpha value is -2.70. The summed E-state index contributed by atoms with van der Waals surface area (Å²) in [6, 6.07) is 8.23. The molecule has 6 heteroatoms. The molecule has 0 aliphatic carbocycles. The molecular weight excluding hydrogens is 399 g/mol. The number of carboxylic acids is 1. The van der Waals surface area contributed by atoms with Crippen LogP contribution in [0.4, 0.5) is 4.39 Å². The second-order valence-corrected chi connectivity index (χ2v) is 7.85. The van der Waals surface area contributed by atoms with Crippen molar-refractivity contribution in [3.63, 3.8) is 0 Å². The first-order valence-corrected chi connectivity index (χ1v) is 10.4. The molecular formula is C25H30FO5-. The summed E-state index contributed by atoms with van der Waals surface area (Å²) in [5, 5.41) is 30.7. The molecule has 0 bridgehead atoms. The zero-order valence-corrected chi connectivity index (χ0v) is 18.4. The fourth-order valence-corrected chi connectivity index (χ4v) is 3.65. The molecule has 0 saturated heterocycles. The van der Waals surface area contributed by atoms with Gasteiger partial charge in [-0.25, -0.2) is 4.39 Å². The van der Waals surface area contributed by atoms with E-state index in [4.69, 9.17) is 4.74 Å². The van der Waals surface area contributed by atoms with E-state index in [1.165, 1.54) is 18.2 Å². The highest BCUT2D eigenvalue weighted by Crippen LogP contribution is 2.41. The van der Waals surface area contributed by atoms with Gasteiger partial charge in [-0.15, -0.1) is 0 Å². The minimum atomic E-state index is -1.37. The first-order valence-electron chi connectivity index (χ1n) is 10.4. The first kappa shape index (κ1) is 24.6. The van der Waals surface area contributed by atoms with E-state index in [1.54, 1.807) is 25.3 Å². The number of carbonyl (C=O) groups excluding carboxylic acids is 1. The lowest BCUT2D eigenvalue weighted by Crippen LogP contribution is -2.29. The quantitative estimate of drug-likeness (QED) is 0.604. The van der Waals surface area contributed by atoms with Crippen LogP contribution in [0, 0.1) is 5.82 Å². The zero-order chi connectivity index (χ0) is 23.1. The number of aliphatic carboxylic acids is 1. The normalized spacial score (nSPS) is 13.5. The monoisotopic (exact) mass is 429 g/mol. The van der Waals surface area contributed by atoms with Gasteiger partial charge >= 0.3 is 0 Å². The van der Waals surface area contributed by atoms with E-state index < -0.39 is 24.6 Å². The highest BCUT2D eigenvalue weighted by molar-refractivity contribution is 5.84. The predicted octanol–water partition coefficient (Wildman–Crippen LogP) is 3.45. The molecule has 2 unspecified atom stereocenters. The van der Waals surface area contributed by atoms with Crippen LogP contribution in [-0.2, 0) is 11.2 Å². The Bertz CT molecular complexity index is 918. The Kier molecular flexibility index (Phi) is 8.77. The topological polar surface area (TPSA) is 89.8 Å².